The zero-order valence-corrected chi connectivity index (χ0v) is 18.0. The van der Waals surface area contributed by atoms with E-state index >= 15 is 0 Å². The maximum absolute atomic E-state index is 12.8. The van der Waals surface area contributed by atoms with Crippen LogP contribution in [0, 0.1) is 0 Å². The van der Waals surface area contributed by atoms with Gasteiger partial charge in [0.2, 0.25) is 11.8 Å². The van der Waals surface area contributed by atoms with Crippen LogP contribution in [0.2, 0.25) is 5.02 Å². The smallest absolute Gasteiger partial charge is 0.261 e. The van der Waals surface area contributed by atoms with E-state index in [-0.39, 0.29) is 25.1 Å². The van der Waals surface area contributed by atoms with E-state index in [4.69, 9.17) is 25.5 Å². The van der Waals surface area contributed by atoms with Crippen LogP contribution < -0.4 is 9.47 Å². The predicted octanol–water partition coefficient (Wildman–Crippen LogP) is 4.75. The van der Waals surface area contributed by atoms with Gasteiger partial charge in [-0.25, -0.2) is 0 Å². The Kier molecular flexibility index (Phi) is 6.72. The lowest BCUT2D eigenvalue weighted by atomic mass is 10.2. The average Bonchev–Trinajstić information content (AvgIpc) is 3.53. The zero-order chi connectivity index (χ0) is 21.6. The fourth-order valence-corrected chi connectivity index (χ4v) is 3.19. The molecular formula is C23H24ClN3O4. The normalized spacial score (nSPS) is 13.1. The largest absolute Gasteiger partial charge is 0.494 e. The van der Waals surface area contributed by atoms with Crippen LogP contribution in [0.1, 0.15) is 32.1 Å². The number of benzene rings is 2. The van der Waals surface area contributed by atoms with E-state index in [1.807, 2.05) is 24.3 Å². The second-order valence-corrected chi connectivity index (χ2v) is 7.81. The van der Waals surface area contributed by atoms with Crippen molar-refractivity contribution in [1.82, 2.24) is 15.1 Å². The van der Waals surface area contributed by atoms with Gasteiger partial charge in [-0.3, -0.25) is 4.79 Å². The predicted molar refractivity (Wildman–Crippen MR) is 116 cm³/mol. The summed E-state index contributed by atoms with van der Waals surface area (Å²) in [7, 11) is 0. The molecule has 0 bridgehead atoms. The van der Waals surface area contributed by atoms with E-state index < -0.39 is 0 Å². The van der Waals surface area contributed by atoms with Crippen LogP contribution in [-0.2, 0) is 11.3 Å². The standard InChI is InChI=1S/C23H24ClN3O4/c1-2-13-29-19-9-11-20(12-10-19)30-15-22(28)27(18-7-8-18)14-21-25-26-23(31-21)16-3-5-17(24)6-4-16/h3-6,9-12,18H,2,7-8,13-15H2,1H3. The first-order valence-corrected chi connectivity index (χ1v) is 10.7. The molecule has 2 aromatic carbocycles. The maximum Gasteiger partial charge on any atom is 0.261 e. The molecule has 0 spiro atoms. The molecule has 0 unspecified atom stereocenters. The SMILES string of the molecule is CCCOc1ccc(OCC(=O)N(Cc2nnc(-c3ccc(Cl)cc3)o2)C2CC2)cc1. The van der Waals surface area contributed by atoms with Gasteiger partial charge >= 0.3 is 0 Å². The fourth-order valence-electron chi connectivity index (χ4n) is 3.06. The van der Waals surface area contributed by atoms with Crippen LogP contribution in [0.4, 0.5) is 0 Å². The first-order valence-electron chi connectivity index (χ1n) is 10.4. The highest BCUT2D eigenvalue weighted by atomic mass is 35.5. The lowest BCUT2D eigenvalue weighted by Crippen LogP contribution is -2.36. The molecule has 0 aliphatic heterocycles. The average molecular weight is 442 g/mol. The summed E-state index contributed by atoms with van der Waals surface area (Å²) in [6.07, 6.45) is 2.88. The Bertz CT molecular complexity index is 1000. The molecule has 1 aliphatic rings. The summed E-state index contributed by atoms with van der Waals surface area (Å²) in [5, 5.41) is 8.83. The Balaban J connectivity index is 1.34. The van der Waals surface area contributed by atoms with Gasteiger partial charge in [0.1, 0.15) is 11.5 Å². The lowest BCUT2D eigenvalue weighted by molar-refractivity contribution is -0.134. The quantitative estimate of drug-likeness (QED) is 0.452. The molecule has 0 radical (unpaired) electrons. The number of hydrogen-bond acceptors (Lipinski definition) is 6. The van der Waals surface area contributed by atoms with E-state index in [0.29, 0.717) is 29.2 Å². The highest BCUT2D eigenvalue weighted by Crippen LogP contribution is 2.29. The molecule has 1 heterocycles. The van der Waals surface area contributed by atoms with Crippen LogP contribution in [0.15, 0.2) is 52.9 Å². The Morgan fingerprint density at radius 1 is 1.06 bits per heavy atom. The van der Waals surface area contributed by atoms with Crippen molar-refractivity contribution in [3.05, 3.63) is 59.4 Å². The third-order valence-corrected chi connectivity index (χ3v) is 5.08. The molecule has 4 rings (SSSR count). The maximum atomic E-state index is 12.8. The molecule has 162 valence electrons. The van der Waals surface area contributed by atoms with Gasteiger partial charge < -0.3 is 18.8 Å². The highest BCUT2D eigenvalue weighted by molar-refractivity contribution is 6.30. The Hall–Kier alpha value is -3.06. The van der Waals surface area contributed by atoms with Crippen molar-refractivity contribution in [3.8, 4) is 23.0 Å². The van der Waals surface area contributed by atoms with Crippen molar-refractivity contribution in [2.45, 2.75) is 38.8 Å². The Morgan fingerprint density at radius 2 is 1.74 bits per heavy atom. The molecule has 7 nitrogen and oxygen atoms in total. The Labute approximate surface area is 185 Å². The van der Waals surface area contributed by atoms with Crippen molar-refractivity contribution in [2.24, 2.45) is 0 Å². The van der Waals surface area contributed by atoms with Crippen LogP contribution in [0.25, 0.3) is 11.5 Å². The van der Waals surface area contributed by atoms with Crippen molar-refractivity contribution in [2.75, 3.05) is 13.2 Å². The van der Waals surface area contributed by atoms with Crippen LogP contribution >= 0.6 is 11.6 Å². The van der Waals surface area contributed by atoms with Gasteiger partial charge in [-0.05, 0) is 67.8 Å². The van der Waals surface area contributed by atoms with Gasteiger partial charge in [-0.1, -0.05) is 18.5 Å². The number of halogens is 1. The minimum Gasteiger partial charge on any atom is -0.494 e. The van der Waals surface area contributed by atoms with E-state index in [1.54, 1.807) is 29.2 Å². The lowest BCUT2D eigenvalue weighted by Gasteiger charge is -2.20. The summed E-state index contributed by atoms with van der Waals surface area (Å²) in [4.78, 5) is 14.5. The molecule has 31 heavy (non-hydrogen) atoms. The summed E-state index contributed by atoms with van der Waals surface area (Å²) in [6.45, 7) is 2.94. The summed E-state index contributed by atoms with van der Waals surface area (Å²) >= 11 is 5.92. The number of carbonyl (C=O) groups is 1. The number of ether oxygens (including phenoxy) is 2. The zero-order valence-electron chi connectivity index (χ0n) is 17.3. The summed E-state index contributed by atoms with van der Waals surface area (Å²) in [5.41, 5.74) is 0.780. The summed E-state index contributed by atoms with van der Waals surface area (Å²) in [5.74, 6) is 2.09. The molecule has 1 fully saturated rings. The van der Waals surface area contributed by atoms with Crippen molar-refractivity contribution in [1.29, 1.82) is 0 Å². The van der Waals surface area contributed by atoms with Crippen molar-refractivity contribution in [3.63, 3.8) is 0 Å². The number of rotatable bonds is 10. The fraction of sp³-hybridized carbons (Fsp3) is 0.348. The van der Waals surface area contributed by atoms with Crippen LogP contribution in [0.3, 0.4) is 0 Å². The second-order valence-electron chi connectivity index (χ2n) is 7.37. The number of hydrogen-bond donors (Lipinski definition) is 0. The first-order chi connectivity index (χ1) is 15.1. The molecule has 0 saturated heterocycles. The van der Waals surface area contributed by atoms with E-state index in [2.05, 4.69) is 17.1 Å². The third kappa shape index (κ3) is 5.76. The molecule has 1 aliphatic carbocycles. The molecule has 0 atom stereocenters. The van der Waals surface area contributed by atoms with Gasteiger partial charge in [0.25, 0.3) is 5.91 Å². The van der Waals surface area contributed by atoms with Crippen LogP contribution in [-0.4, -0.2) is 40.3 Å². The monoisotopic (exact) mass is 441 g/mol. The molecule has 1 amide bonds. The van der Waals surface area contributed by atoms with Gasteiger partial charge in [-0.2, -0.15) is 0 Å². The molecule has 8 heteroatoms. The molecule has 1 saturated carbocycles. The van der Waals surface area contributed by atoms with Crippen molar-refractivity contribution >= 4 is 17.5 Å². The van der Waals surface area contributed by atoms with Crippen molar-refractivity contribution < 1.29 is 18.7 Å². The van der Waals surface area contributed by atoms with E-state index in [0.717, 1.165) is 30.6 Å². The summed E-state index contributed by atoms with van der Waals surface area (Å²) in [6, 6.07) is 14.6. The number of carbonyl (C=O) groups excluding carboxylic acids is 1. The third-order valence-electron chi connectivity index (χ3n) is 4.83. The highest BCUT2D eigenvalue weighted by Gasteiger charge is 2.34. The Morgan fingerprint density at radius 3 is 2.39 bits per heavy atom. The number of amides is 1. The van der Waals surface area contributed by atoms with Gasteiger partial charge in [0.15, 0.2) is 6.61 Å². The molecule has 1 aromatic heterocycles. The van der Waals surface area contributed by atoms with Gasteiger partial charge in [-0.15, -0.1) is 10.2 Å². The van der Waals surface area contributed by atoms with Gasteiger partial charge in [0, 0.05) is 16.6 Å². The topological polar surface area (TPSA) is 77.7 Å². The first kappa shape index (κ1) is 21.2. The summed E-state index contributed by atoms with van der Waals surface area (Å²) < 4.78 is 17.0. The van der Waals surface area contributed by atoms with E-state index in [1.165, 1.54) is 0 Å². The minimum atomic E-state index is -0.111. The second kappa shape index (κ2) is 9.83. The molecule has 3 aromatic rings. The molecular weight excluding hydrogens is 418 g/mol. The van der Waals surface area contributed by atoms with Crippen LogP contribution in [0.5, 0.6) is 11.5 Å². The minimum absolute atomic E-state index is 0.0517. The van der Waals surface area contributed by atoms with Gasteiger partial charge in [0.05, 0.1) is 13.2 Å². The van der Waals surface area contributed by atoms with E-state index in [9.17, 15) is 4.79 Å². The number of nitrogens with zero attached hydrogens (tertiary/aromatic N) is 3. The molecule has 0 N–H and O–H groups in total. The number of aromatic nitrogens is 2.